The van der Waals surface area contributed by atoms with Gasteiger partial charge in [-0.05, 0) is 73.2 Å². The minimum atomic E-state index is -4.72. The Kier molecular flexibility index (Phi) is 14.7. The number of aliphatic hydroxyl groups is 2. The first kappa shape index (κ1) is 40.5. The van der Waals surface area contributed by atoms with Crippen molar-refractivity contribution in [2.24, 2.45) is 0 Å². The number of benzene rings is 2. The van der Waals surface area contributed by atoms with Crippen LogP contribution in [-0.4, -0.2) is 101 Å². The van der Waals surface area contributed by atoms with Gasteiger partial charge in [-0.1, -0.05) is 13.8 Å². The van der Waals surface area contributed by atoms with Gasteiger partial charge in [0.15, 0.2) is 5.60 Å². The van der Waals surface area contributed by atoms with Crippen LogP contribution in [-0.2, 0) is 6.54 Å². The Labute approximate surface area is 301 Å². The Morgan fingerprint density at radius 1 is 0.981 bits per heavy atom. The van der Waals surface area contributed by atoms with Crippen LogP contribution < -0.4 is 34.5 Å². The summed E-state index contributed by atoms with van der Waals surface area (Å²) in [5.41, 5.74) is 0.351. The molecule has 0 radical (unpaired) electrons. The van der Waals surface area contributed by atoms with E-state index in [1.54, 1.807) is 4.57 Å². The van der Waals surface area contributed by atoms with Gasteiger partial charge in [0.1, 0.15) is 36.2 Å². The number of hydrogen-bond donors (Lipinski definition) is 4. The van der Waals surface area contributed by atoms with Crippen LogP contribution in [0, 0.1) is 10.1 Å². The highest BCUT2D eigenvalue weighted by molar-refractivity contribution is 5.49. The summed E-state index contributed by atoms with van der Waals surface area (Å²) in [6.07, 6.45) is 0.00402. The molecule has 2 aliphatic heterocycles. The van der Waals surface area contributed by atoms with Gasteiger partial charge < -0.3 is 54.8 Å². The zero-order valence-electron chi connectivity index (χ0n) is 29.7. The number of fused-ring (bicyclic) bond motifs is 1. The Bertz CT molecular complexity index is 1470. The zero-order valence-corrected chi connectivity index (χ0v) is 29.7. The van der Waals surface area contributed by atoms with E-state index in [1.807, 2.05) is 45.0 Å². The normalized spacial score (nSPS) is 18.4. The number of aromatic nitrogens is 2. The summed E-state index contributed by atoms with van der Waals surface area (Å²) in [7, 11) is 0. The Morgan fingerprint density at radius 2 is 1.54 bits per heavy atom. The third kappa shape index (κ3) is 12.4. The smallest absolute Gasteiger partial charge is 0.490 e. The van der Waals surface area contributed by atoms with Crippen molar-refractivity contribution in [1.82, 2.24) is 20.2 Å². The number of nitro groups is 1. The molecule has 0 unspecified atom stereocenters. The first-order valence-electron chi connectivity index (χ1n) is 17.4. The van der Waals surface area contributed by atoms with Gasteiger partial charge in [-0.25, -0.2) is 0 Å². The van der Waals surface area contributed by atoms with Gasteiger partial charge in [-0.15, -0.1) is 13.2 Å². The number of rotatable bonds is 17. The average molecular weight is 739 g/mol. The molecule has 17 heteroatoms. The number of anilines is 1. The number of alkyl halides is 3. The molecule has 0 spiro atoms. The summed E-state index contributed by atoms with van der Waals surface area (Å²) >= 11 is 0. The SMILES string of the molecule is CC[C@@H](CO)NCCN[C@@H](CC)CO.C[C@]1(COc2ccc(N3CCC(Oc4ccc(OC(F)(F)F)cc4)CC3)cc2)Cn2cc([N+](=O)[O-])nc2O1. The van der Waals surface area contributed by atoms with E-state index in [9.17, 15) is 23.3 Å². The summed E-state index contributed by atoms with van der Waals surface area (Å²) < 4.78 is 60.1. The molecule has 3 atom stereocenters. The number of piperidine rings is 1. The van der Waals surface area contributed by atoms with E-state index in [2.05, 4.69) is 25.3 Å². The molecule has 0 amide bonds. The topological polar surface area (TPSA) is 166 Å². The minimum absolute atomic E-state index is 0.0356. The Balaban J connectivity index is 0.000000368. The van der Waals surface area contributed by atoms with Crippen LogP contribution >= 0.6 is 0 Å². The van der Waals surface area contributed by atoms with E-state index < -0.39 is 16.9 Å². The summed E-state index contributed by atoms with van der Waals surface area (Å²) in [4.78, 5) is 16.4. The minimum Gasteiger partial charge on any atom is -0.490 e. The predicted molar refractivity (Wildman–Crippen MR) is 187 cm³/mol. The fourth-order valence-corrected chi connectivity index (χ4v) is 5.72. The van der Waals surface area contributed by atoms with Gasteiger partial charge in [0.05, 0.1) is 19.8 Å². The molecule has 0 bridgehead atoms. The van der Waals surface area contributed by atoms with Crippen LogP contribution in [0.5, 0.6) is 23.3 Å². The zero-order chi connectivity index (χ0) is 37.7. The maximum absolute atomic E-state index is 12.3. The molecule has 2 aliphatic rings. The van der Waals surface area contributed by atoms with Crippen molar-refractivity contribution in [1.29, 1.82) is 0 Å². The van der Waals surface area contributed by atoms with Gasteiger partial charge in [0.2, 0.25) is 0 Å². The van der Waals surface area contributed by atoms with Crippen LogP contribution in [0.4, 0.5) is 24.7 Å². The Morgan fingerprint density at radius 3 is 2.04 bits per heavy atom. The second-order valence-corrected chi connectivity index (χ2v) is 12.9. The second kappa shape index (κ2) is 19.0. The number of nitrogens with zero attached hydrogens (tertiary/aromatic N) is 4. The molecule has 2 aromatic carbocycles. The number of ether oxygens (including phenoxy) is 4. The van der Waals surface area contributed by atoms with Gasteiger partial charge in [0.25, 0.3) is 0 Å². The monoisotopic (exact) mass is 738 g/mol. The number of halogens is 3. The molecule has 5 rings (SSSR count). The lowest BCUT2D eigenvalue weighted by molar-refractivity contribution is -0.389. The molecule has 1 fully saturated rings. The largest absolute Gasteiger partial charge is 0.573 e. The van der Waals surface area contributed by atoms with Gasteiger partial charge in [-0.3, -0.25) is 4.57 Å². The van der Waals surface area contributed by atoms with Crippen molar-refractivity contribution in [2.75, 3.05) is 50.9 Å². The molecule has 0 saturated carbocycles. The number of aliphatic hydroxyl groups excluding tert-OH is 2. The highest BCUT2D eigenvalue weighted by atomic mass is 19.4. The fourth-order valence-electron chi connectivity index (χ4n) is 5.72. The predicted octanol–water partition coefficient (Wildman–Crippen LogP) is 4.68. The average Bonchev–Trinajstić information content (AvgIpc) is 3.66. The molecule has 0 aliphatic carbocycles. The molecule has 3 aromatic rings. The lowest BCUT2D eigenvalue weighted by atomic mass is 10.1. The van der Waals surface area contributed by atoms with E-state index in [0.717, 1.165) is 57.5 Å². The molecule has 1 aromatic heterocycles. The maximum atomic E-state index is 12.3. The lowest BCUT2D eigenvalue weighted by Crippen LogP contribution is -2.40. The van der Waals surface area contributed by atoms with Gasteiger partial charge in [-0.2, -0.15) is 0 Å². The van der Waals surface area contributed by atoms with E-state index >= 15 is 0 Å². The van der Waals surface area contributed by atoms with Crippen LogP contribution in [0.25, 0.3) is 0 Å². The number of nitrogens with one attached hydrogen (secondary N) is 2. The standard InChI is InChI=1S/C25H25F3N4O6.C10H24N2O2/c1-24(15-31-14-22(32(33)34)29-23(31)38-24)16-35-18-4-2-17(3-5-18)30-12-10-20(11-13-30)36-19-6-8-21(9-7-19)37-25(26,27)28;1-3-9(7-13)11-5-6-12-10(4-2)8-14/h2-9,14,20H,10-13,15-16H2,1H3;9-14H,3-8H2,1-2H3/t24-;9-,10-/m10/s1. The molecule has 4 N–H and O–H groups in total. The molecule has 52 heavy (non-hydrogen) atoms. The molecular formula is C35H49F3N6O8. The van der Waals surface area contributed by atoms with Crippen LogP contribution in [0.1, 0.15) is 46.5 Å². The quantitative estimate of drug-likeness (QED) is 0.0861. The molecule has 14 nitrogen and oxygen atoms in total. The number of imidazole rings is 1. The fraction of sp³-hybridized carbons (Fsp3) is 0.571. The first-order chi connectivity index (χ1) is 24.8. The van der Waals surface area contributed by atoms with Crippen LogP contribution in [0.2, 0.25) is 0 Å². The van der Waals surface area contributed by atoms with Crippen LogP contribution in [0.15, 0.2) is 54.7 Å². The third-order valence-corrected chi connectivity index (χ3v) is 8.72. The van der Waals surface area contributed by atoms with E-state index in [1.165, 1.54) is 30.5 Å². The van der Waals surface area contributed by atoms with Crippen molar-refractivity contribution in [3.63, 3.8) is 0 Å². The van der Waals surface area contributed by atoms with Crippen molar-refractivity contribution < 1.29 is 47.3 Å². The first-order valence-corrected chi connectivity index (χ1v) is 17.4. The van der Waals surface area contributed by atoms with Gasteiger partial charge >= 0.3 is 18.2 Å². The lowest BCUT2D eigenvalue weighted by Gasteiger charge is -2.33. The van der Waals surface area contributed by atoms with Crippen molar-refractivity contribution in [3.05, 3.63) is 64.8 Å². The molecule has 3 heterocycles. The van der Waals surface area contributed by atoms with Crippen molar-refractivity contribution in [3.8, 4) is 23.3 Å². The Hall–Kier alpha value is -4.32. The van der Waals surface area contributed by atoms with E-state index in [-0.39, 0.29) is 55.6 Å². The van der Waals surface area contributed by atoms with Crippen molar-refractivity contribution in [2.45, 2.75) is 83.2 Å². The summed E-state index contributed by atoms with van der Waals surface area (Å²) in [6, 6.07) is 13.7. The van der Waals surface area contributed by atoms with Crippen LogP contribution in [0.3, 0.4) is 0 Å². The highest BCUT2D eigenvalue weighted by Gasteiger charge is 2.41. The van der Waals surface area contributed by atoms with E-state index in [0.29, 0.717) is 18.0 Å². The summed E-state index contributed by atoms with van der Waals surface area (Å²) in [5.74, 6) is 0.643. The maximum Gasteiger partial charge on any atom is 0.573 e. The van der Waals surface area contributed by atoms with Crippen molar-refractivity contribution >= 4 is 11.5 Å². The highest BCUT2D eigenvalue weighted by Crippen LogP contribution is 2.32. The summed E-state index contributed by atoms with van der Waals surface area (Å²) in [5, 5.41) is 35.1. The second-order valence-electron chi connectivity index (χ2n) is 12.9. The molecule has 288 valence electrons. The number of hydrogen-bond acceptors (Lipinski definition) is 12. The van der Waals surface area contributed by atoms with Gasteiger partial charge in [0, 0.05) is 61.8 Å². The van der Waals surface area contributed by atoms with E-state index in [4.69, 9.17) is 24.4 Å². The molecular weight excluding hydrogens is 689 g/mol. The summed E-state index contributed by atoms with van der Waals surface area (Å²) in [6.45, 7) is 10.2. The molecule has 1 saturated heterocycles. The third-order valence-electron chi connectivity index (χ3n) is 8.72.